The highest BCUT2D eigenvalue weighted by Gasteiger charge is 2.37. The number of anilines is 1. The van der Waals surface area contributed by atoms with Crippen molar-refractivity contribution in [3.63, 3.8) is 0 Å². The van der Waals surface area contributed by atoms with Gasteiger partial charge in [-0.25, -0.2) is 0 Å². The first-order valence-corrected chi connectivity index (χ1v) is 6.81. The van der Waals surface area contributed by atoms with E-state index in [4.69, 9.17) is 0 Å². The van der Waals surface area contributed by atoms with Crippen LogP contribution < -0.4 is 4.90 Å². The molecule has 1 aromatic heterocycles. The minimum Gasteiger partial charge on any atom is -0.374 e. The molecule has 2 aromatic rings. The summed E-state index contributed by atoms with van der Waals surface area (Å²) < 4.78 is 40.4. The van der Waals surface area contributed by atoms with E-state index in [0.717, 1.165) is 30.6 Å². The monoisotopic (exact) mass is 295 g/mol. The summed E-state index contributed by atoms with van der Waals surface area (Å²) in [7, 11) is 3.51. The summed E-state index contributed by atoms with van der Waals surface area (Å²) >= 11 is 0. The molecule has 0 radical (unpaired) electrons. The molecule has 6 heteroatoms. The molecule has 0 saturated heterocycles. The SMILES string of the molecule is CN1CCCc2cc(-c3cn(C)nc3C(F)(F)F)ccc21. The minimum absolute atomic E-state index is 0.140. The van der Waals surface area contributed by atoms with Gasteiger partial charge in [0.15, 0.2) is 5.69 Å². The average molecular weight is 295 g/mol. The highest BCUT2D eigenvalue weighted by molar-refractivity contribution is 5.71. The molecule has 0 atom stereocenters. The van der Waals surface area contributed by atoms with Crippen molar-refractivity contribution in [3.05, 3.63) is 35.7 Å². The number of hydrogen-bond acceptors (Lipinski definition) is 2. The van der Waals surface area contributed by atoms with Gasteiger partial charge in [-0.1, -0.05) is 6.07 Å². The van der Waals surface area contributed by atoms with Crippen molar-refractivity contribution in [2.75, 3.05) is 18.5 Å². The van der Waals surface area contributed by atoms with E-state index in [1.165, 1.54) is 17.9 Å². The Labute approximate surface area is 121 Å². The third-order valence-corrected chi connectivity index (χ3v) is 3.84. The first-order valence-electron chi connectivity index (χ1n) is 6.81. The molecule has 1 aliphatic rings. The lowest BCUT2D eigenvalue weighted by atomic mass is 9.96. The third kappa shape index (κ3) is 2.50. The summed E-state index contributed by atoms with van der Waals surface area (Å²) in [6, 6.07) is 5.50. The first kappa shape index (κ1) is 14.0. The van der Waals surface area contributed by atoms with Gasteiger partial charge in [0.1, 0.15) is 0 Å². The number of fused-ring (bicyclic) bond motifs is 1. The zero-order valence-corrected chi connectivity index (χ0v) is 11.9. The smallest absolute Gasteiger partial charge is 0.374 e. The minimum atomic E-state index is -4.44. The molecule has 0 fully saturated rings. The fraction of sp³-hybridized carbons (Fsp3) is 0.400. The molecular weight excluding hydrogens is 279 g/mol. The Morgan fingerprint density at radius 1 is 1.19 bits per heavy atom. The summed E-state index contributed by atoms with van der Waals surface area (Å²) in [5.74, 6) is 0. The number of hydrogen-bond donors (Lipinski definition) is 0. The van der Waals surface area contributed by atoms with E-state index in [1.54, 1.807) is 6.07 Å². The molecule has 0 bridgehead atoms. The summed E-state index contributed by atoms with van der Waals surface area (Å²) in [6.45, 7) is 0.979. The Bertz CT molecular complexity index is 673. The molecule has 0 unspecified atom stereocenters. The Hall–Kier alpha value is -1.98. The number of aryl methyl sites for hydroxylation is 2. The molecule has 3 rings (SSSR count). The van der Waals surface area contributed by atoms with Gasteiger partial charge in [0.05, 0.1) is 0 Å². The van der Waals surface area contributed by atoms with Crippen LogP contribution >= 0.6 is 0 Å². The van der Waals surface area contributed by atoms with Crippen molar-refractivity contribution < 1.29 is 13.2 Å². The van der Waals surface area contributed by atoms with Gasteiger partial charge in [-0.05, 0) is 36.1 Å². The summed E-state index contributed by atoms with van der Waals surface area (Å²) in [4.78, 5) is 2.14. The predicted octanol–water partition coefficient (Wildman–Crippen LogP) is 3.49. The van der Waals surface area contributed by atoms with Gasteiger partial charge in [-0.15, -0.1) is 0 Å². The number of rotatable bonds is 1. The van der Waals surface area contributed by atoms with Crippen LogP contribution in [0.5, 0.6) is 0 Å². The second kappa shape index (κ2) is 4.79. The van der Waals surface area contributed by atoms with Gasteiger partial charge in [-0.3, -0.25) is 4.68 Å². The van der Waals surface area contributed by atoms with Crippen molar-refractivity contribution in [2.45, 2.75) is 19.0 Å². The fourth-order valence-electron chi connectivity index (χ4n) is 2.86. The van der Waals surface area contributed by atoms with E-state index in [0.29, 0.717) is 5.56 Å². The van der Waals surface area contributed by atoms with Gasteiger partial charge >= 0.3 is 6.18 Å². The van der Waals surface area contributed by atoms with Crippen LogP contribution in [0.1, 0.15) is 17.7 Å². The summed E-state index contributed by atoms with van der Waals surface area (Å²) in [5.41, 5.74) is 2.08. The number of aromatic nitrogens is 2. The van der Waals surface area contributed by atoms with Crippen molar-refractivity contribution >= 4 is 5.69 Å². The lowest BCUT2D eigenvalue weighted by molar-refractivity contribution is -0.140. The second-order valence-corrected chi connectivity index (χ2v) is 5.43. The number of halogens is 3. The maximum Gasteiger partial charge on any atom is 0.435 e. The molecule has 2 heterocycles. The first-order chi connectivity index (χ1) is 9.86. The van der Waals surface area contributed by atoms with Crippen LogP contribution in [-0.2, 0) is 19.6 Å². The zero-order valence-electron chi connectivity index (χ0n) is 11.9. The van der Waals surface area contributed by atoms with E-state index in [2.05, 4.69) is 10.00 Å². The molecule has 0 amide bonds. The standard InChI is InChI=1S/C15H16F3N3/c1-20-7-3-4-11-8-10(5-6-13(11)20)12-9-21(2)19-14(12)15(16,17)18/h5-6,8-9H,3-4,7H2,1-2H3. The number of benzene rings is 1. The van der Waals surface area contributed by atoms with E-state index in [-0.39, 0.29) is 5.56 Å². The number of nitrogens with zero attached hydrogens (tertiary/aromatic N) is 3. The maximum absolute atomic E-state index is 13.1. The van der Waals surface area contributed by atoms with Crippen LogP contribution in [-0.4, -0.2) is 23.4 Å². The van der Waals surface area contributed by atoms with E-state index < -0.39 is 11.9 Å². The highest BCUT2D eigenvalue weighted by Crippen LogP contribution is 2.38. The Kier molecular flexibility index (Phi) is 3.19. The lowest BCUT2D eigenvalue weighted by Gasteiger charge is -2.27. The molecule has 0 aliphatic carbocycles. The predicted molar refractivity (Wildman–Crippen MR) is 75.2 cm³/mol. The van der Waals surface area contributed by atoms with Crippen LogP contribution in [0, 0.1) is 0 Å². The van der Waals surface area contributed by atoms with Crippen LogP contribution in [0.3, 0.4) is 0 Å². The molecular formula is C15H16F3N3. The van der Waals surface area contributed by atoms with E-state index in [1.807, 2.05) is 19.2 Å². The molecule has 0 saturated carbocycles. The highest BCUT2D eigenvalue weighted by atomic mass is 19.4. The summed E-state index contributed by atoms with van der Waals surface area (Å²) in [5, 5.41) is 3.57. The zero-order chi connectivity index (χ0) is 15.2. The normalized spacial score (nSPS) is 15.2. The van der Waals surface area contributed by atoms with Crippen molar-refractivity contribution in [1.82, 2.24) is 9.78 Å². The molecule has 1 aromatic carbocycles. The second-order valence-electron chi connectivity index (χ2n) is 5.43. The third-order valence-electron chi connectivity index (χ3n) is 3.84. The van der Waals surface area contributed by atoms with Gasteiger partial charge in [0.2, 0.25) is 0 Å². The molecule has 112 valence electrons. The van der Waals surface area contributed by atoms with Gasteiger partial charge in [0.25, 0.3) is 0 Å². The van der Waals surface area contributed by atoms with Crippen LogP contribution in [0.2, 0.25) is 0 Å². The topological polar surface area (TPSA) is 21.1 Å². The molecule has 21 heavy (non-hydrogen) atoms. The summed E-state index contributed by atoms with van der Waals surface area (Å²) in [6.07, 6.45) is -1.10. The van der Waals surface area contributed by atoms with Crippen molar-refractivity contribution in [3.8, 4) is 11.1 Å². The molecule has 3 nitrogen and oxygen atoms in total. The number of alkyl halides is 3. The quantitative estimate of drug-likeness (QED) is 0.803. The van der Waals surface area contributed by atoms with Crippen LogP contribution in [0.15, 0.2) is 24.4 Å². The lowest BCUT2D eigenvalue weighted by Crippen LogP contribution is -2.24. The maximum atomic E-state index is 13.1. The molecule has 1 aliphatic heterocycles. The Balaban J connectivity index is 2.10. The Morgan fingerprint density at radius 3 is 2.67 bits per heavy atom. The van der Waals surface area contributed by atoms with Gasteiger partial charge in [-0.2, -0.15) is 18.3 Å². The molecule has 0 spiro atoms. The van der Waals surface area contributed by atoms with Crippen molar-refractivity contribution in [2.24, 2.45) is 7.05 Å². The van der Waals surface area contributed by atoms with E-state index in [9.17, 15) is 13.2 Å². The van der Waals surface area contributed by atoms with E-state index >= 15 is 0 Å². The fourth-order valence-corrected chi connectivity index (χ4v) is 2.86. The average Bonchev–Trinajstić information content (AvgIpc) is 2.81. The largest absolute Gasteiger partial charge is 0.435 e. The van der Waals surface area contributed by atoms with Crippen LogP contribution in [0.4, 0.5) is 18.9 Å². The molecule has 0 N–H and O–H groups in total. The van der Waals surface area contributed by atoms with Gasteiger partial charge in [0, 0.05) is 38.1 Å². The Morgan fingerprint density at radius 2 is 1.95 bits per heavy atom. The van der Waals surface area contributed by atoms with Crippen LogP contribution in [0.25, 0.3) is 11.1 Å². The van der Waals surface area contributed by atoms with Gasteiger partial charge < -0.3 is 4.90 Å². The van der Waals surface area contributed by atoms with Crippen molar-refractivity contribution in [1.29, 1.82) is 0 Å².